The molecule has 4 rings (SSSR count). The summed E-state index contributed by atoms with van der Waals surface area (Å²) in [5, 5.41) is 8.04. The number of aromatic nitrogens is 5. The van der Waals surface area contributed by atoms with Gasteiger partial charge in [0.05, 0.1) is 5.52 Å². The Labute approximate surface area is 154 Å². The Balaban J connectivity index is 1.78. The summed E-state index contributed by atoms with van der Waals surface area (Å²) in [6.07, 6.45) is 3.50. The number of nitrogens with one attached hydrogen (secondary N) is 1. The monoisotopic (exact) mass is 362 g/mol. The first-order valence-electron chi connectivity index (χ1n) is 8.64. The van der Waals surface area contributed by atoms with E-state index in [4.69, 9.17) is 0 Å². The van der Waals surface area contributed by atoms with Gasteiger partial charge in [0, 0.05) is 18.0 Å². The van der Waals surface area contributed by atoms with Crippen LogP contribution in [0.15, 0.2) is 47.7 Å². The quantitative estimate of drug-likeness (QED) is 0.599. The molecule has 0 bridgehead atoms. The molecule has 4 aromatic rings. The number of carbonyl (C=O) groups is 1. The molecule has 1 N–H and O–H groups in total. The van der Waals surface area contributed by atoms with E-state index in [1.807, 2.05) is 42.5 Å². The number of fused-ring (bicyclic) bond motifs is 3. The standard InChI is InChI=1S/C19H18N6O2/c1-3-17-23-24(10-18(26)22-16-6-7-20-11-21-16)19(27)15-9-13-5-4-12(2)8-14(13)25(15)17/h4-9,11H,3,10H2,1-2H3,(H,20,21,22,26). The average molecular weight is 362 g/mol. The molecule has 1 amide bonds. The molecule has 0 atom stereocenters. The molecule has 0 aliphatic rings. The van der Waals surface area contributed by atoms with Crippen molar-refractivity contribution in [3.8, 4) is 0 Å². The van der Waals surface area contributed by atoms with Gasteiger partial charge in [0.1, 0.15) is 30.0 Å². The molecular weight excluding hydrogens is 344 g/mol. The molecule has 0 fully saturated rings. The highest BCUT2D eigenvalue weighted by Crippen LogP contribution is 2.21. The van der Waals surface area contributed by atoms with Crippen molar-refractivity contribution in [2.75, 3.05) is 5.32 Å². The third-order valence-corrected chi connectivity index (χ3v) is 4.37. The summed E-state index contributed by atoms with van der Waals surface area (Å²) in [6.45, 7) is 3.79. The fourth-order valence-electron chi connectivity index (χ4n) is 3.13. The van der Waals surface area contributed by atoms with Crippen LogP contribution >= 0.6 is 0 Å². The zero-order chi connectivity index (χ0) is 19.0. The van der Waals surface area contributed by atoms with Crippen LogP contribution in [-0.2, 0) is 17.8 Å². The summed E-state index contributed by atoms with van der Waals surface area (Å²) in [4.78, 5) is 33.0. The first-order chi connectivity index (χ1) is 13.1. The molecule has 0 spiro atoms. The molecule has 0 aliphatic carbocycles. The van der Waals surface area contributed by atoms with Gasteiger partial charge < -0.3 is 5.32 Å². The fraction of sp³-hybridized carbons (Fsp3) is 0.211. The molecule has 1 aromatic carbocycles. The summed E-state index contributed by atoms with van der Waals surface area (Å²) in [5.74, 6) is 0.727. The van der Waals surface area contributed by atoms with E-state index in [0.29, 0.717) is 17.8 Å². The van der Waals surface area contributed by atoms with Crippen LogP contribution in [0.3, 0.4) is 0 Å². The SMILES string of the molecule is CCc1nn(CC(=O)Nc2ccncn2)c(=O)c2cc3ccc(C)cc3n12. The maximum absolute atomic E-state index is 12.9. The highest BCUT2D eigenvalue weighted by atomic mass is 16.2. The van der Waals surface area contributed by atoms with Gasteiger partial charge >= 0.3 is 0 Å². The molecule has 136 valence electrons. The number of hydrogen-bond acceptors (Lipinski definition) is 5. The Morgan fingerprint density at radius 3 is 2.78 bits per heavy atom. The van der Waals surface area contributed by atoms with Crippen LogP contribution in [0, 0.1) is 6.92 Å². The van der Waals surface area contributed by atoms with Crippen molar-refractivity contribution in [3.63, 3.8) is 0 Å². The minimum Gasteiger partial charge on any atom is -0.309 e. The second kappa shape index (κ2) is 6.64. The molecule has 0 aliphatic heterocycles. The summed E-state index contributed by atoms with van der Waals surface area (Å²) in [5.41, 5.74) is 2.26. The highest BCUT2D eigenvalue weighted by molar-refractivity contribution is 5.90. The largest absolute Gasteiger partial charge is 0.309 e. The summed E-state index contributed by atoms with van der Waals surface area (Å²) >= 11 is 0. The van der Waals surface area contributed by atoms with Crippen LogP contribution in [0.2, 0.25) is 0 Å². The zero-order valence-electron chi connectivity index (χ0n) is 15.0. The van der Waals surface area contributed by atoms with E-state index in [1.165, 1.54) is 17.2 Å². The van der Waals surface area contributed by atoms with Crippen molar-refractivity contribution in [3.05, 3.63) is 64.6 Å². The van der Waals surface area contributed by atoms with Gasteiger partial charge in [-0.05, 0) is 30.7 Å². The number of rotatable bonds is 4. The van der Waals surface area contributed by atoms with Crippen molar-refractivity contribution in [2.45, 2.75) is 26.8 Å². The van der Waals surface area contributed by atoms with Gasteiger partial charge in [-0.3, -0.25) is 14.0 Å². The maximum Gasteiger partial charge on any atom is 0.291 e. The summed E-state index contributed by atoms with van der Waals surface area (Å²) in [6, 6.07) is 9.46. The molecule has 3 heterocycles. The molecule has 0 saturated carbocycles. The number of nitrogens with zero attached hydrogens (tertiary/aromatic N) is 5. The van der Waals surface area contributed by atoms with E-state index in [2.05, 4.69) is 20.4 Å². The predicted molar refractivity (Wildman–Crippen MR) is 102 cm³/mol. The molecule has 3 aromatic heterocycles. The van der Waals surface area contributed by atoms with Crippen molar-refractivity contribution in [1.29, 1.82) is 0 Å². The van der Waals surface area contributed by atoms with Crippen LogP contribution in [-0.4, -0.2) is 30.1 Å². The number of amides is 1. The lowest BCUT2D eigenvalue weighted by Gasteiger charge is -2.10. The number of hydrogen-bond donors (Lipinski definition) is 1. The average Bonchev–Trinajstić information content (AvgIpc) is 3.04. The van der Waals surface area contributed by atoms with E-state index < -0.39 is 0 Å². The lowest BCUT2D eigenvalue weighted by molar-refractivity contribution is -0.117. The Kier molecular flexibility index (Phi) is 4.15. The second-order valence-corrected chi connectivity index (χ2v) is 6.30. The Bertz CT molecular complexity index is 1210. The molecule has 0 unspecified atom stereocenters. The van der Waals surface area contributed by atoms with Crippen LogP contribution in [0.4, 0.5) is 5.82 Å². The summed E-state index contributed by atoms with van der Waals surface area (Å²) in [7, 11) is 0. The molecule has 8 heteroatoms. The molecule has 27 heavy (non-hydrogen) atoms. The Morgan fingerprint density at radius 2 is 2.04 bits per heavy atom. The second-order valence-electron chi connectivity index (χ2n) is 6.30. The van der Waals surface area contributed by atoms with E-state index >= 15 is 0 Å². The van der Waals surface area contributed by atoms with Crippen LogP contribution < -0.4 is 10.9 Å². The lowest BCUT2D eigenvalue weighted by Crippen LogP contribution is -2.32. The predicted octanol–water partition coefficient (Wildman–Crippen LogP) is 1.95. The molecule has 0 saturated heterocycles. The van der Waals surface area contributed by atoms with E-state index in [-0.39, 0.29) is 18.0 Å². The minimum absolute atomic E-state index is 0.188. The highest BCUT2D eigenvalue weighted by Gasteiger charge is 2.15. The minimum atomic E-state index is -0.373. The number of anilines is 1. The van der Waals surface area contributed by atoms with Gasteiger partial charge in [0.2, 0.25) is 5.91 Å². The maximum atomic E-state index is 12.9. The zero-order valence-corrected chi connectivity index (χ0v) is 15.0. The third-order valence-electron chi connectivity index (χ3n) is 4.37. The van der Waals surface area contributed by atoms with Gasteiger partial charge in [0.15, 0.2) is 0 Å². The first-order valence-corrected chi connectivity index (χ1v) is 8.64. The third kappa shape index (κ3) is 3.05. The normalized spacial score (nSPS) is 11.2. The topological polar surface area (TPSA) is 94.2 Å². The van der Waals surface area contributed by atoms with Crippen LogP contribution in [0.5, 0.6) is 0 Å². The van der Waals surface area contributed by atoms with Crippen molar-refractivity contribution >= 4 is 28.1 Å². The van der Waals surface area contributed by atoms with Crippen LogP contribution in [0.25, 0.3) is 16.4 Å². The first kappa shape index (κ1) is 16.9. The molecule has 8 nitrogen and oxygen atoms in total. The van der Waals surface area contributed by atoms with Crippen LogP contribution in [0.1, 0.15) is 18.3 Å². The van der Waals surface area contributed by atoms with Gasteiger partial charge in [-0.2, -0.15) is 5.10 Å². The Hall–Kier alpha value is -3.55. The number of aryl methyl sites for hydroxylation is 2. The van der Waals surface area contributed by atoms with E-state index in [0.717, 1.165) is 22.3 Å². The van der Waals surface area contributed by atoms with E-state index in [1.54, 1.807) is 6.07 Å². The van der Waals surface area contributed by atoms with E-state index in [9.17, 15) is 9.59 Å². The van der Waals surface area contributed by atoms with Gasteiger partial charge in [-0.25, -0.2) is 14.6 Å². The fourth-order valence-corrected chi connectivity index (χ4v) is 3.13. The number of benzene rings is 1. The Morgan fingerprint density at radius 1 is 1.19 bits per heavy atom. The lowest BCUT2D eigenvalue weighted by atomic mass is 10.2. The van der Waals surface area contributed by atoms with Crippen molar-refractivity contribution in [2.24, 2.45) is 0 Å². The van der Waals surface area contributed by atoms with Crippen molar-refractivity contribution < 1.29 is 4.79 Å². The van der Waals surface area contributed by atoms with Crippen molar-refractivity contribution in [1.82, 2.24) is 24.1 Å². The summed E-state index contributed by atoms with van der Waals surface area (Å²) < 4.78 is 3.08. The van der Waals surface area contributed by atoms with Gasteiger partial charge in [-0.1, -0.05) is 19.1 Å². The molecule has 0 radical (unpaired) electrons. The number of carbonyl (C=O) groups excluding carboxylic acids is 1. The molecular formula is C19H18N6O2. The van der Waals surface area contributed by atoms with Gasteiger partial charge in [-0.15, -0.1) is 0 Å². The van der Waals surface area contributed by atoms with Gasteiger partial charge in [0.25, 0.3) is 5.56 Å². The smallest absolute Gasteiger partial charge is 0.291 e.